The van der Waals surface area contributed by atoms with Crippen LogP contribution in [0.1, 0.15) is 11.6 Å². The summed E-state index contributed by atoms with van der Waals surface area (Å²) in [6.45, 7) is 3.04. The van der Waals surface area contributed by atoms with Gasteiger partial charge in [0, 0.05) is 5.69 Å². The van der Waals surface area contributed by atoms with Crippen LogP contribution in [-0.4, -0.2) is 15.1 Å². The first-order valence-electron chi connectivity index (χ1n) is 8.38. The molecule has 3 aromatic carbocycles. The smallest absolute Gasteiger partial charge is 0.332 e. The Morgan fingerprint density at radius 2 is 1.33 bits per heavy atom. The lowest BCUT2D eigenvalue weighted by Crippen LogP contribution is -2.58. The molecule has 0 aliphatic carbocycles. The Morgan fingerprint density at radius 1 is 0.792 bits per heavy atom. The molecule has 0 amide bonds. The minimum atomic E-state index is -2.25. The van der Waals surface area contributed by atoms with Gasteiger partial charge in [-0.15, -0.1) is 0 Å². The fourth-order valence-electron chi connectivity index (χ4n) is 3.59. The lowest BCUT2D eigenvalue weighted by atomic mass is 10.1. The van der Waals surface area contributed by atoms with E-state index in [1.165, 1.54) is 16.4 Å². The predicted molar refractivity (Wildman–Crippen MR) is 102 cm³/mol. The topological polar surface area (TPSA) is 12.5 Å². The van der Waals surface area contributed by atoms with Crippen molar-refractivity contribution in [2.45, 2.75) is 12.6 Å². The molecule has 0 unspecified atom stereocenters. The van der Waals surface area contributed by atoms with Crippen molar-refractivity contribution in [2.75, 3.05) is 11.2 Å². The Hall–Kier alpha value is -2.36. The third-order valence-corrected chi connectivity index (χ3v) is 8.44. The van der Waals surface area contributed by atoms with Crippen LogP contribution in [0, 0.1) is 0 Å². The summed E-state index contributed by atoms with van der Waals surface area (Å²) in [5.41, 5.74) is 2.55. The molecule has 3 heteroatoms. The van der Waals surface area contributed by atoms with Gasteiger partial charge in [0.05, 0.1) is 12.6 Å². The summed E-state index contributed by atoms with van der Waals surface area (Å²) in [4.78, 5) is 0. The van der Waals surface area contributed by atoms with E-state index >= 15 is 0 Å². The SMILES string of the molecule is C[Si@]1(c2ccccc2)OC[C@H](c2ccccc2)N1c1ccccc1. The van der Waals surface area contributed by atoms with Crippen LogP contribution >= 0.6 is 0 Å². The standard InChI is InChI=1S/C21H21NOSi/c1-24(20-15-9-4-10-16-20)22(19-13-7-3-8-14-19)21(17-23-24)18-11-5-2-6-12-18/h2-16,21H,17H2,1H3/t21-,24-/m1/s1. The number of nitrogens with zero attached hydrogens (tertiary/aromatic N) is 1. The summed E-state index contributed by atoms with van der Waals surface area (Å²) in [6.07, 6.45) is 0. The third-order valence-electron chi connectivity index (χ3n) is 4.82. The zero-order valence-corrected chi connectivity index (χ0v) is 14.8. The first-order valence-corrected chi connectivity index (χ1v) is 10.7. The molecule has 0 radical (unpaired) electrons. The summed E-state index contributed by atoms with van der Waals surface area (Å²) in [7, 11) is -2.25. The molecule has 1 aliphatic heterocycles. The highest BCUT2D eigenvalue weighted by molar-refractivity contribution is 6.89. The van der Waals surface area contributed by atoms with Gasteiger partial charge in [0.1, 0.15) is 0 Å². The molecule has 1 heterocycles. The molecular formula is C21H21NOSi. The lowest BCUT2D eigenvalue weighted by molar-refractivity contribution is 0.337. The highest BCUT2D eigenvalue weighted by atomic mass is 28.4. The number of rotatable bonds is 3. The number of anilines is 1. The quantitative estimate of drug-likeness (QED) is 0.666. The average Bonchev–Trinajstić information content (AvgIpc) is 3.03. The fraction of sp³-hybridized carbons (Fsp3) is 0.143. The highest BCUT2D eigenvalue weighted by Crippen LogP contribution is 2.38. The number of benzene rings is 3. The van der Waals surface area contributed by atoms with Crippen molar-refractivity contribution >= 4 is 19.4 Å². The van der Waals surface area contributed by atoms with Crippen LogP contribution in [0.2, 0.25) is 6.55 Å². The molecule has 3 aromatic rings. The Balaban J connectivity index is 1.83. The summed E-state index contributed by atoms with van der Waals surface area (Å²) >= 11 is 0. The maximum Gasteiger partial charge on any atom is 0.332 e. The van der Waals surface area contributed by atoms with Crippen LogP contribution in [0.25, 0.3) is 0 Å². The Bertz CT molecular complexity index is 794. The van der Waals surface area contributed by atoms with Gasteiger partial charge in [0.15, 0.2) is 0 Å². The Kier molecular flexibility index (Phi) is 3.96. The van der Waals surface area contributed by atoms with Gasteiger partial charge in [0.2, 0.25) is 0 Å². The van der Waals surface area contributed by atoms with E-state index in [-0.39, 0.29) is 6.04 Å². The maximum absolute atomic E-state index is 6.53. The average molecular weight is 331 g/mol. The molecule has 0 aromatic heterocycles. The van der Waals surface area contributed by atoms with Crippen molar-refractivity contribution in [1.29, 1.82) is 0 Å². The summed E-state index contributed by atoms with van der Waals surface area (Å²) in [6, 6.07) is 32.3. The Labute approximate surface area is 144 Å². The molecule has 2 nitrogen and oxygen atoms in total. The first-order chi connectivity index (χ1) is 11.8. The van der Waals surface area contributed by atoms with Gasteiger partial charge in [-0.25, -0.2) is 0 Å². The zero-order chi connectivity index (χ0) is 16.4. The van der Waals surface area contributed by atoms with Crippen molar-refractivity contribution in [1.82, 2.24) is 0 Å². The highest BCUT2D eigenvalue weighted by Gasteiger charge is 2.49. The maximum atomic E-state index is 6.53. The Morgan fingerprint density at radius 3 is 1.96 bits per heavy atom. The van der Waals surface area contributed by atoms with Crippen molar-refractivity contribution in [2.24, 2.45) is 0 Å². The minimum Gasteiger partial charge on any atom is -0.393 e. The number of hydrogen-bond donors (Lipinski definition) is 0. The van der Waals surface area contributed by atoms with E-state index < -0.39 is 8.48 Å². The molecule has 0 saturated carbocycles. The van der Waals surface area contributed by atoms with E-state index in [1.807, 2.05) is 0 Å². The van der Waals surface area contributed by atoms with E-state index in [0.29, 0.717) is 0 Å². The van der Waals surface area contributed by atoms with E-state index in [9.17, 15) is 0 Å². The first kappa shape index (κ1) is 15.2. The zero-order valence-electron chi connectivity index (χ0n) is 13.8. The van der Waals surface area contributed by atoms with Crippen molar-refractivity contribution in [3.63, 3.8) is 0 Å². The molecule has 0 spiro atoms. The molecule has 1 aliphatic rings. The summed E-state index contributed by atoms with van der Waals surface area (Å²) < 4.78 is 9.06. The van der Waals surface area contributed by atoms with Gasteiger partial charge in [-0.1, -0.05) is 78.9 Å². The normalized spacial score (nSPS) is 23.4. The molecule has 0 N–H and O–H groups in total. The molecule has 1 fully saturated rings. The molecule has 24 heavy (non-hydrogen) atoms. The second kappa shape index (κ2) is 6.27. The predicted octanol–water partition coefficient (Wildman–Crippen LogP) is 4.24. The molecular weight excluding hydrogens is 310 g/mol. The summed E-state index contributed by atoms with van der Waals surface area (Å²) in [5, 5.41) is 1.31. The van der Waals surface area contributed by atoms with Crippen LogP contribution in [0.15, 0.2) is 91.0 Å². The minimum absolute atomic E-state index is 0.255. The van der Waals surface area contributed by atoms with E-state index in [2.05, 4.69) is 102 Å². The van der Waals surface area contributed by atoms with E-state index in [0.717, 1.165) is 6.61 Å². The number of hydrogen-bond acceptors (Lipinski definition) is 2. The van der Waals surface area contributed by atoms with Crippen molar-refractivity contribution < 1.29 is 4.43 Å². The van der Waals surface area contributed by atoms with Gasteiger partial charge in [0.25, 0.3) is 0 Å². The van der Waals surface area contributed by atoms with Gasteiger partial charge in [-0.2, -0.15) is 0 Å². The van der Waals surface area contributed by atoms with Crippen LogP contribution in [-0.2, 0) is 4.43 Å². The fourth-order valence-corrected chi connectivity index (χ4v) is 6.93. The van der Waals surface area contributed by atoms with Crippen LogP contribution < -0.4 is 9.75 Å². The monoisotopic (exact) mass is 331 g/mol. The lowest BCUT2D eigenvalue weighted by Gasteiger charge is -2.36. The van der Waals surface area contributed by atoms with Gasteiger partial charge >= 0.3 is 8.48 Å². The van der Waals surface area contributed by atoms with Crippen molar-refractivity contribution in [3.05, 3.63) is 96.6 Å². The van der Waals surface area contributed by atoms with Crippen LogP contribution in [0.5, 0.6) is 0 Å². The molecule has 120 valence electrons. The largest absolute Gasteiger partial charge is 0.393 e. The van der Waals surface area contributed by atoms with Crippen LogP contribution in [0.4, 0.5) is 5.69 Å². The van der Waals surface area contributed by atoms with Crippen molar-refractivity contribution in [3.8, 4) is 0 Å². The van der Waals surface area contributed by atoms with Gasteiger partial charge in [-0.05, 0) is 29.4 Å². The third kappa shape index (κ3) is 2.56. The second-order valence-corrected chi connectivity index (χ2v) is 9.61. The molecule has 4 rings (SSSR count). The second-order valence-electron chi connectivity index (χ2n) is 6.29. The molecule has 1 saturated heterocycles. The molecule has 0 bridgehead atoms. The summed E-state index contributed by atoms with van der Waals surface area (Å²) in [5.74, 6) is 0. The van der Waals surface area contributed by atoms with Gasteiger partial charge < -0.3 is 8.99 Å². The van der Waals surface area contributed by atoms with Gasteiger partial charge in [-0.3, -0.25) is 0 Å². The van der Waals surface area contributed by atoms with E-state index in [4.69, 9.17) is 4.43 Å². The number of para-hydroxylation sites is 1. The molecule has 2 atom stereocenters. The van der Waals surface area contributed by atoms with E-state index in [1.54, 1.807) is 0 Å². The van der Waals surface area contributed by atoms with Crippen LogP contribution in [0.3, 0.4) is 0 Å².